The van der Waals surface area contributed by atoms with Gasteiger partial charge >= 0.3 is 0 Å². The lowest BCUT2D eigenvalue weighted by molar-refractivity contribution is -0.116. The van der Waals surface area contributed by atoms with E-state index in [1.165, 1.54) is 0 Å². The molecular weight excluding hydrogens is 332 g/mol. The van der Waals surface area contributed by atoms with Crippen LogP contribution in [0.25, 0.3) is 0 Å². The van der Waals surface area contributed by atoms with Crippen molar-refractivity contribution in [2.75, 3.05) is 12.1 Å². The number of carbonyl (C=O) groups is 2. The third-order valence-corrected chi connectivity index (χ3v) is 4.08. The van der Waals surface area contributed by atoms with E-state index in [1.54, 1.807) is 24.3 Å². The van der Waals surface area contributed by atoms with E-state index in [0.29, 0.717) is 30.0 Å². The van der Waals surface area contributed by atoms with Gasteiger partial charge in [0.15, 0.2) is 11.5 Å². The Hall–Kier alpha value is -3.02. The summed E-state index contributed by atoms with van der Waals surface area (Å²) in [5, 5.41) is 5.70. The van der Waals surface area contributed by atoms with E-state index in [4.69, 9.17) is 9.47 Å². The number of nitrogens with one attached hydrogen (secondary N) is 2. The Balaban J connectivity index is 1.52. The molecule has 0 radical (unpaired) electrons. The standard InChI is InChI=1S/C20H22N2O4/c1-2-3-4-19(23)22-16-8-6-15(7-9-16)20(24)21-12-14-5-10-17-18(11-14)26-13-25-17/h5-11H,2-4,12-13H2,1H3,(H,21,24)(H,22,23). The van der Waals surface area contributed by atoms with E-state index in [9.17, 15) is 9.59 Å². The molecule has 0 saturated carbocycles. The fourth-order valence-electron chi connectivity index (χ4n) is 2.60. The first-order valence-electron chi connectivity index (χ1n) is 8.72. The number of amides is 2. The van der Waals surface area contributed by atoms with E-state index in [0.717, 1.165) is 24.2 Å². The van der Waals surface area contributed by atoms with Crippen LogP contribution in [0, 0.1) is 0 Å². The van der Waals surface area contributed by atoms with Gasteiger partial charge in [0.25, 0.3) is 5.91 Å². The second-order valence-electron chi connectivity index (χ2n) is 6.10. The van der Waals surface area contributed by atoms with Crippen molar-refractivity contribution in [2.24, 2.45) is 0 Å². The van der Waals surface area contributed by atoms with Crippen molar-refractivity contribution >= 4 is 17.5 Å². The van der Waals surface area contributed by atoms with E-state index in [-0.39, 0.29) is 18.6 Å². The number of anilines is 1. The SMILES string of the molecule is CCCCC(=O)Nc1ccc(C(=O)NCc2ccc3c(c2)OCO3)cc1. The van der Waals surface area contributed by atoms with Crippen LogP contribution >= 0.6 is 0 Å². The topological polar surface area (TPSA) is 76.7 Å². The summed E-state index contributed by atoms with van der Waals surface area (Å²) in [6.07, 6.45) is 2.36. The molecule has 0 spiro atoms. The first-order chi connectivity index (χ1) is 12.7. The molecule has 1 aliphatic heterocycles. The Kier molecular flexibility index (Phi) is 5.73. The van der Waals surface area contributed by atoms with Crippen molar-refractivity contribution in [3.8, 4) is 11.5 Å². The molecule has 2 N–H and O–H groups in total. The molecule has 0 fully saturated rings. The molecule has 136 valence electrons. The second kappa shape index (κ2) is 8.38. The van der Waals surface area contributed by atoms with Crippen LogP contribution in [0.15, 0.2) is 42.5 Å². The lowest BCUT2D eigenvalue weighted by Crippen LogP contribution is -2.22. The van der Waals surface area contributed by atoms with Gasteiger partial charge in [0.1, 0.15) is 0 Å². The zero-order valence-electron chi connectivity index (χ0n) is 14.7. The molecule has 0 aliphatic carbocycles. The monoisotopic (exact) mass is 354 g/mol. The Morgan fingerprint density at radius 3 is 2.58 bits per heavy atom. The predicted molar refractivity (Wildman–Crippen MR) is 98.3 cm³/mol. The highest BCUT2D eigenvalue weighted by Gasteiger charge is 2.13. The van der Waals surface area contributed by atoms with Crippen LogP contribution in [0.5, 0.6) is 11.5 Å². The van der Waals surface area contributed by atoms with E-state index >= 15 is 0 Å². The van der Waals surface area contributed by atoms with Gasteiger partial charge in [0.2, 0.25) is 12.7 Å². The predicted octanol–water partition coefficient (Wildman–Crippen LogP) is 3.47. The second-order valence-corrected chi connectivity index (χ2v) is 6.10. The van der Waals surface area contributed by atoms with Gasteiger partial charge in [0.05, 0.1) is 0 Å². The summed E-state index contributed by atoms with van der Waals surface area (Å²) in [6, 6.07) is 12.5. The molecule has 3 rings (SSSR count). The molecule has 1 aliphatic rings. The lowest BCUT2D eigenvalue weighted by Gasteiger charge is -2.08. The Bertz CT molecular complexity index is 787. The maximum atomic E-state index is 12.3. The first-order valence-corrected chi connectivity index (χ1v) is 8.72. The summed E-state index contributed by atoms with van der Waals surface area (Å²) in [6.45, 7) is 2.67. The summed E-state index contributed by atoms with van der Waals surface area (Å²) in [7, 11) is 0. The fraction of sp³-hybridized carbons (Fsp3) is 0.300. The van der Waals surface area contributed by atoms with Gasteiger partial charge in [-0.15, -0.1) is 0 Å². The molecule has 0 unspecified atom stereocenters. The number of ether oxygens (including phenoxy) is 2. The third kappa shape index (κ3) is 4.53. The molecule has 2 aromatic rings. The number of rotatable bonds is 7. The normalized spacial score (nSPS) is 11.9. The van der Waals surface area contributed by atoms with Gasteiger partial charge in [-0.2, -0.15) is 0 Å². The van der Waals surface area contributed by atoms with E-state index < -0.39 is 0 Å². The molecule has 6 heteroatoms. The number of fused-ring (bicyclic) bond motifs is 1. The lowest BCUT2D eigenvalue weighted by atomic mass is 10.1. The zero-order chi connectivity index (χ0) is 18.4. The number of benzene rings is 2. The van der Waals surface area contributed by atoms with Gasteiger partial charge in [-0.25, -0.2) is 0 Å². The molecule has 0 bridgehead atoms. The maximum Gasteiger partial charge on any atom is 0.251 e. The van der Waals surface area contributed by atoms with Gasteiger partial charge in [0, 0.05) is 24.2 Å². The van der Waals surface area contributed by atoms with Gasteiger partial charge < -0.3 is 20.1 Å². The summed E-state index contributed by atoms with van der Waals surface area (Å²) < 4.78 is 10.6. The summed E-state index contributed by atoms with van der Waals surface area (Å²) in [5.74, 6) is 1.23. The van der Waals surface area contributed by atoms with Crippen molar-refractivity contribution < 1.29 is 19.1 Å². The molecule has 2 aromatic carbocycles. The van der Waals surface area contributed by atoms with Crippen molar-refractivity contribution in [1.29, 1.82) is 0 Å². The number of hydrogen-bond acceptors (Lipinski definition) is 4. The molecule has 1 heterocycles. The molecule has 6 nitrogen and oxygen atoms in total. The number of carbonyl (C=O) groups excluding carboxylic acids is 2. The van der Waals surface area contributed by atoms with Crippen LogP contribution in [0.2, 0.25) is 0 Å². The van der Waals surface area contributed by atoms with Gasteiger partial charge in [-0.1, -0.05) is 19.4 Å². The molecule has 0 saturated heterocycles. The molecule has 0 aromatic heterocycles. The van der Waals surface area contributed by atoms with Crippen molar-refractivity contribution in [1.82, 2.24) is 5.32 Å². The van der Waals surface area contributed by atoms with Crippen LogP contribution in [0.1, 0.15) is 42.1 Å². The third-order valence-electron chi connectivity index (χ3n) is 4.08. The zero-order valence-corrected chi connectivity index (χ0v) is 14.7. The highest BCUT2D eigenvalue weighted by atomic mass is 16.7. The fourth-order valence-corrected chi connectivity index (χ4v) is 2.60. The van der Waals surface area contributed by atoms with Crippen LogP contribution in [-0.4, -0.2) is 18.6 Å². The summed E-state index contributed by atoms with van der Waals surface area (Å²) in [4.78, 5) is 24.0. The Labute approximate surface area is 152 Å². The van der Waals surface area contributed by atoms with Crippen LogP contribution in [0.3, 0.4) is 0 Å². The van der Waals surface area contributed by atoms with Crippen LogP contribution in [0.4, 0.5) is 5.69 Å². The minimum atomic E-state index is -0.175. The highest BCUT2D eigenvalue weighted by Crippen LogP contribution is 2.32. The largest absolute Gasteiger partial charge is 0.454 e. The number of hydrogen-bond donors (Lipinski definition) is 2. The highest BCUT2D eigenvalue weighted by molar-refractivity contribution is 5.95. The average Bonchev–Trinajstić information content (AvgIpc) is 3.13. The number of unbranched alkanes of at least 4 members (excludes halogenated alkanes) is 1. The van der Waals surface area contributed by atoms with Crippen LogP contribution < -0.4 is 20.1 Å². The van der Waals surface area contributed by atoms with Gasteiger partial charge in [-0.05, 0) is 48.4 Å². The van der Waals surface area contributed by atoms with Crippen molar-refractivity contribution in [3.05, 3.63) is 53.6 Å². The summed E-state index contributed by atoms with van der Waals surface area (Å²) >= 11 is 0. The minimum Gasteiger partial charge on any atom is -0.454 e. The van der Waals surface area contributed by atoms with E-state index in [2.05, 4.69) is 10.6 Å². The molecule has 26 heavy (non-hydrogen) atoms. The quantitative estimate of drug-likeness (QED) is 0.798. The van der Waals surface area contributed by atoms with Crippen LogP contribution in [-0.2, 0) is 11.3 Å². The first kappa shape index (κ1) is 17.8. The maximum absolute atomic E-state index is 12.3. The molecular formula is C20H22N2O4. The minimum absolute atomic E-state index is 0.00754. The smallest absolute Gasteiger partial charge is 0.251 e. The Morgan fingerprint density at radius 2 is 1.81 bits per heavy atom. The average molecular weight is 354 g/mol. The van der Waals surface area contributed by atoms with E-state index in [1.807, 2.05) is 25.1 Å². The molecule has 0 atom stereocenters. The van der Waals surface area contributed by atoms with Gasteiger partial charge in [-0.3, -0.25) is 9.59 Å². The summed E-state index contributed by atoms with van der Waals surface area (Å²) in [5.41, 5.74) is 2.16. The van der Waals surface area contributed by atoms with Crippen molar-refractivity contribution in [3.63, 3.8) is 0 Å². The molecule has 2 amide bonds. The van der Waals surface area contributed by atoms with Crippen molar-refractivity contribution in [2.45, 2.75) is 32.7 Å². The Morgan fingerprint density at radius 1 is 1.04 bits per heavy atom.